The zero-order valence-electron chi connectivity index (χ0n) is 2.19. The second kappa shape index (κ2) is 35.1. The van der Waals surface area contributed by atoms with Crippen molar-refractivity contribution >= 4 is 0 Å². The summed E-state index contributed by atoms with van der Waals surface area (Å²) in [6.07, 6.45) is 0. The molecule has 2 nitrogen and oxygen atoms in total. The molecule has 1 radical (unpaired) electrons. The predicted octanol–water partition coefficient (Wildman–Crippen LogP) is -3.29. The van der Waals surface area contributed by atoms with Gasteiger partial charge in [0.15, 0.2) is 0 Å². The third kappa shape index (κ3) is 11.8. The van der Waals surface area contributed by atoms with Crippen LogP contribution in [0.25, 0.3) is 0 Å². The van der Waals surface area contributed by atoms with E-state index in [0.717, 1.165) is 0 Å². The zero-order valence-corrected chi connectivity index (χ0v) is 3.23. The number of hydrogen-bond acceptors (Lipinski definition) is 1. The van der Waals surface area contributed by atoms with Gasteiger partial charge >= 0.3 is 18.9 Å². The van der Waals surface area contributed by atoms with Crippen molar-refractivity contribution in [2.75, 3.05) is 0 Å². The Morgan fingerprint density at radius 2 is 1.00 bits per heavy atom. The van der Waals surface area contributed by atoms with Gasteiger partial charge in [-0.2, -0.15) is 0 Å². The van der Waals surface area contributed by atoms with Gasteiger partial charge in [0, 0.05) is 16.8 Å². The molecular formula is HCoLiO2-2. The van der Waals surface area contributed by atoms with Crippen molar-refractivity contribution in [3.63, 3.8) is 0 Å². The summed E-state index contributed by atoms with van der Waals surface area (Å²) < 4.78 is 0. The quantitative estimate of drug-likeness (QED) is 0.293. The Morgan fingerprint density at radius 1 is 1.00 bits per heavy atom. The van der Waals surface area contributed by atoms with Gasteiger partial charge in [-0.1, -0.05) is 0 Å². The van der Waals surface area contributed by atoms with Gasteiger partial charge in [0.25, 0.3) is 0 Å². The van der Waals surface area contributed by atoms with E-state index in [4.69, 9.17) is 0 Å². The van der Waals surface area contributed by atoms with Gasteiger partial charge < -0.3 is 11.0 Å². The van der Waals surface area contributed by atoms with E-state index in [1.54, 1.807) is 0 Å². The third-order valence-corrected chi connectivity index (χ3v) is 0. The van der Waals surface area contributed by atoms with E-state index in [2.05, 4.69) is 0 Å². The van der Waals surface area contributed by atoms with E-state index >= 15 is 0 Å². The molecule has 0 unspecified atom stereocenters. The van der Waals surface area contributed by atoms with Crippen molar-refractivity contribution in [2.45, 2.75) is 0 Å². The average Bonchev–Trinajstić information content (AvgIpc) is 0. The van der Waals surface area contributed by atoms with Crippen LogP contribution in [0.4, 0.5) is 0 Å². The molecule has 0 fully saturated rings. The first-order valence-electron chi connectivity index (χ1n) is 0. The Hall–Kier alpha value is 1.02. The SMILES string of the molecule is [Co].[Li+].[O-2].[OH-]. The van der Waals surface area contributed by atoms with E-state index in [-0.39, 0.29) is 46.6 Å². The minimum absolute atomic E-state index is 0. The Balaban J connectivity index is 0. The minimum atomic E-state index is 0. The summed E-state index contributed by atoms with van der Waals surface area (Å²) in [5, 5.41) is 0. The molecule has 0 heterocycles. The molecule has 0 aliphatic carbocycles. The fraction of sp³-hybridized carbons (Fsp3) is 0. The van der Waals surface area contributed by atoms with Gasteiger partial charge in [0.05, 0.1) is 0 Å². The molecule has 4 heteroatoms. The average molecular weight is 98.9 g/mol. The second-order valence-electron chi connectivity index (χ2n) is 0. The summed E-state index contributed by atoms with van der Waals surface area (Å²) in [7, 11) is 0. The maximum atomic E-state index is 0. The van der Waals surface area contributed by atoms with Gasteiger partial charge in [0.2, 0.25) is 0 Å². The molecule has 0 rings (SSSR count). The van der Waals surface area contributed by atoms with E-state index in [1.165, 1.54) is 0 Å². The molecule has 0 aromatic heterocycles. The van der Waals surface area contributed by atoms with Crippen molar-refractivity contribution < 1.29 is 46.6 Å². The van der Waals surface area contributed by atoms with Crippen LogP contribution in [0.1, 0.15) is 0 Å². The fourth-order valence-electron chi connectivity index (χ4n) is 0. The summed E-state index contributed by atoms with van der Waals surface area (Å²) in [6.45, 7) is 0. The van der Waals surface area contributed by atoms with Gasteiger partial charge in [-0.15, -0.1) is 0 Å². The van der Waals surface area contributed by atoms with Gasteiger partial charge in [0.1, 0.15) is 0 Å². The molecule has 0 amide bonds. The summed E-state index contributed by atoms with van der Waals surface area (Å²) >= 11 is 0. The van der Waals surface area contributed by atoms with Gasteiger partial charge in [-0.05, 0) is 0 Å². The van der Waals surface area contributed by atoms with Crippen LogP contribution in [0.2, 0.25) is 0 Å². The van der Waals surface area contributed by atoms with Crippen LogP contribution < -0.4 is 18.9 Å². The first-order valence-corrected chi connectivity index (χ1v) is 0. The molecule has 0 spiro atoms. The van der Waals surface area contributed by atoms with Gasteiger partial charge in [-0.3, -0.25) is 0 Å². The number of rotatable bonds is 0. The van der Waals surface area contributed by atoms with Crippen molar-refractivity contribution in [3.8, 4) is 0 Å². The largest absolute Gasteiger partial charge is 2.00 e. The maximum Gasteiger partial charge on any atom is 1.00 e. The topological polar surface area (TPSA) is 58.5 Å². The summed E-state index contributed by atoms with van der Waals surface area (Å²) in [6, 6.07) is 0. The second-order valence-corrected chi connectivity index (χ2v) is 0. The summed E-state index contributed by atoms with van der Waals surface area (Å²) in [5.41, 5.74) is 0. The first kappa shape index (κ1) is 77.6. The molecule has 0 aromatic rings. The van der Waals surface area contributed by atoms with Crippen molar-refractivity contribution in [2.24, 2.45) is 0 Å². The van der Waals surface area contributed by atoms with Crippen LogP contribution in [0.15, 0.2) is 0 Å². The fourth-order valence-corrected chi connectivity index (χ4v) is 0. The van der Waals surface area contributed by atoms with E-state index < -0.39 is 0 Å². The molecule has 1 N–H and O–H groups in total. The van der Waals surface area contributed by atoms with Crippen LogP contribution >= 0.6 is 0 Å². The van der Waals surface area contributed by atoms with Crippen LogP contribution in [0.3, 0.4) is 0 Å². The van der Waals surface area contributed by atoms with Crippen molar-refractivity contribution in [1.29, 1.82) is 0 Å². The van der Waals surface area contributed by atoms with Crippen LogP contribution in [-0.2, 0) is 22.3 Å². The Labute approximate surface area is 46.9 Å². The summed E-state index contributed by atoms with van der Waals surface area (Å²) in [5.74, 6) is 0. The van der Waals surface area contributed by atoms with Crippen molar-refractivity contribution in [1.82, 2.24) is 0 Å². The standard InChI is InChI=1S/Co.Li.H2O.O/h;;1H2;/q;+1;;-2/p-1. The molecule has 0 atom stereocenters. The molecule has 4 heavy (non-hydrogen) atoms. The monoisotopic (exact) mass is 98.9 g/mol. The molecular weight excluding hydrogens is 97.9 g/mol. The zero-order chi connectivity index (χ0) is 0. The Morgan fingerprint density at radius 3 is 1.00 bits per heavy atom. The van der Waals surface area contributed by atoms with E-state index in [0.29, 0.717) is 0 Å². The molecule has 0 saturated carbocycles. The molecule has 0 aliphatic heterocycles. The molecule has 25 valence electrons. The number of hydrogen-bond donors (Lipinski definition) is 0. The van der Waals surface area contributed by atoms with Crippen molar-refractivity contribution in [3.05, 3.63) is 0 Å². The Bertz CT molecular complexity index is 6.00. The minimum Gasteiger partial charge on any atom is -2.00 e. The summed E-state index contributed by atoms with van der Waals surface area (Å²) in [4.78, 5) is 0. The van der Waals surface area contributed by atoms with E-state index in [9.17, 15) is 0 Å². The molecule has 0 bridgehead atoms. The van der Waals surface area contributed by atoms with Crippen LogP contribution in [0, 0.1) is 0 Å². The normalized spacial score (nSPS) is 0. The maximum absolute atomic E-state index is 0. The first-order chi connectivity index (χ1) is 0. The smallest absolute Gasteiger partial charge is 1.00 e. The molecule has 0 aromatic carbocycles. The van der Waals surface area contributed by atoms with Crippen LogP contribution in [-0.4, -0.2) is 5.48 Å². The van der Waals surface area contributed by atoms with E-state index in [1.807, 2.05) is 0 Å². The Kier molecular flexibility index (Phi) is 681. The molecule has 0 aliphatic rings. The molecule has 0 saturated heterocycles. The predicted molar refractivity (Wildman–Crippen MR) is 2.62 cm³/mol. The van der Waals surface area contributed by atoms with Gasteiger partial charge in [-0.25, -0.2) is 0 Å². The van der Waals surface area contributed by atoms with Crippen LogP contribution in [0.5, 0.6) is 0 Å². The third-order valence-electron chi connectivity index (χ3n) is 0.